The Morgan fingerprint density at radius 2 is 2.07 bits per heavy atom. The quantitative estimate of drug-likeness (QED) is 0.607. The van der Waals surface area contributed by atoms with Crippen LogP contribution >= 0.6 is 11.6 Å². The van der Waals surface area contributed by atoms with Crippen LogP contribution in [-0.4, -0.2) is 34.9 Å². The lowest BCUT2D eigenvalue weighted by molar-refractivity contribution is -0.149. The molecule has 1 aromatic rings. The summed E-state index contributed by atoms with van der Waals surface area (Å²) in [5.41, 5.74) is -1.03. The Balaban J connectivity index is 1.67. The van der Waals surface area contributed by atoms with Gasteiger partial charge in [0.15, 0.2) is 0 Å². The van der Waals surface area contributed by atoms with Crippen LogP contribution in [0.1, 0.15) is 45.6 Å². The second-order valence-corrected chi connectivity index (χ2v) is 9.03. The van der Waals surface area contributed by atoms with Gasteiger partial charge in [0.05, 0.1) is 5.02 Å². The molecule has 2 fully saturated rings. The van der Waals surface area contributed by atoms with Gasteiger partial charge in [0.2, 0.25) is 0 Å². The Labute approximate surface area is 168 Å². The fraction of sp³-hybridized carbons (Fsp3) is 0.550. The third-order valence-corrected chi connectivity index (χ3v) is 5.70. The summed E-state index contributed by atoms with van der Waals surface area (Å²) in [6.45, 7) is 5.30. The molecule has 1 heterocycles. The molecule has 1 aliphatic carbocycles. The highest BCUT2D eigenvalue weighted by Gasteiger charge is 2.56. The Morgan fingerprint density at radius 1 is 1.36 bits per heavy atom. The average molecular weight is 411 g/mol. The first-order valence-corrected chi connectivity index (χ1v) is 9.63. The number of hydrogen-bond acceptors (Lipinski definition) is 4. The van der Waals surface area contributed by atoms with Gasteiger partial charge in [0, 0.05) is 5.56 Å². The maximum atomic E-state index is 13.8. The minimum Gasteiger partial charge on any atom is -0.459 e. The van der Waals surface area contributed by atoms with E-state index in [2.05, 4.69) is 26.1 Å². The highest BCUT2D eigenvalue weighted by atomic mass is 35.5. The predicted octanol–water partition coefficient (Wildman–Crippen LogP) is 3.66. The number of carbonyl (C=O) groups is 3. The van der Waals surface area contributed by atoms with Crippen molar-refractivity contribution < 1.29 is 23.5 Å². The Morgan fingerprint density at radius 3 is 2.71 bits per heavy atom. The van der Waals surface area contributed by atoms with Crippen molar-refractivity contribution in [2.45, 2.75) is 52.2 Å². The van der Waals surface area contributed by atoms with Gasteiger partial charge in [-0.3, -0.25) is 14.5 Å². The van der Waals surface area contributed by atoms with E-state index in [1.807, 2.05) is 0 Å². The van der Waals surface area contributed by atoms with E-state index < -0.39 is 35.8 Å². The maximum Gasteiger partial charge on any atom is 0.326 e. The minimum atomic E-state index is -0.979. The number of carbonyl (C=O) groups excluding carboxylic acids is 3. The van der Waals surface area contributed by atoms with Crippen LogP contribution in [-0.2, 0) is 20.9 Å². The number of imide groups is 1. The molecule has 1 N–H and O–H groups in total. The van der Waals surface area contributed by atoms with Crippen LogP contribution in [0.3, 0.4) is 0 Å². The number of hydrogen-bond donors (Lipinski definition) is 1. The lowest BCUT2D eigenvalue weighted by Crippen LogP contribution is -2.54. The highest BCUT2D eigenvalue weighted by Crippen LogP contribution is 2.46. The van der Waals surface area contributed by atoms with Gasteiger partial charge < -0.3 is 10.1 Å². The smallest absolute Gasteiger partial charge is 0.326 e. The normalized spacial score (nSPS) is 26.5. The Kier molecular flexibility index (Phi) is 5.40. The minimum absolute atomic E-state index is 0.0500. The molecule has 0 aromatic heterocycles. The monoisotopic (exact) mass is 410 g/mol. The van der Waals surface area contributed by atoms with Gasteiger partial charge in [-0.1, -0.05) is 38.4 Å². The van der Waals surface area contributed by atoms with Crippen molar-refractivity contribution in [3.8, 4) is 0 Å². The molecule has 3 rings (SSSR count). The number of halogens is 2. The molecule has 152 valence electrons. The Hall–Kier alpha value is -2.15. The molecule has 0 bridgehead atoms. The molecule has 6 nitrogen and oxygen atoms in total. The third-order valence-electron chi connectivity index (χ3n) is 5.35. The summed E-state index contributed by atoms with van der Waals surface area (Å²) in [6.07, 6.45) is 2.02. The SMILES string of the molecule is C[C@@H]1CC(C)(C)C[C@@]2(C1)NC(=O)N(CC(=O)OCc1c(F)cccc1Cl)C2=O. The molecule has 1 saturated carbocycles. The van der Waals surface area contributed by atoms with Crippen molar-refractivity contribution in [3.63, 3.8) is 0 Å². The average Bonchev–Trinajstić information content (AvgIpc) is 2.76. The summed E-state index contributed by atoms with van der Waals surface area (Å²) in [4.78, 5) is 38.5. The van der Waals surface area contributed by atoms with Gasteiger partial charge in [-0.15, -0.1) is 0 Å². The first kappa shape index (κ1) is 20.6. The van der Waals surface area contributed by atoms with Gasteiger partial charge in [-0.05, 0) is 42.7 Å². The van der Waals surface area contributed by atoms with E-state index in [0.29, 0.717) is 12.8 Å². The van der Waals surface area contributed by atoms with E-state index in [1.165, 1.54) is 18.2 Å². The van der Waals surface area contributed by atoms with Gasteiger partial charge in [-0.25, -0.2) is 9.18 Å². The van der Waals surface area contributed by atoms with Crippen molar-refractivity contribution in [2.24, 2.45) is 11.3 Å². The molecule has 2 aliphatic rings. The number of nitrogens with one attached hydrogen (secondary N) is 1. The summed E-state index contributed by atoms with van der Waals surface area (Å²) in [5.74, 6) is -1.53. The summed E-state index contributed by atoms with van der Waals surface area (Å²) in [5, 5.41) is 2.94. The van der Waals surface area contributed by atoms with Crippen LogP contribution in [0.2, 0.25) is 5.02 Å². The molecule has 1 aliphatic heterocycles. The summed E-state index contributed by atoms with van der Waals surface area (Å²) in [6, 6.07) is 3.54. The second-order valence-electron chi connectivity index (χ2n) is 8.62. The molecule has 1 aromatic carbocycles. The van der Waals surface area contributed by atoms with E-state index in [1.54, 1.807) is 0 Å². The topological polar surface area (TPSA) is 75.7 Å². The summed E-state index contributed by atoms with van der Waals surface area (Å²) >= 11 is 5.91. The summed E-state index contributed by atoms with van der Waals surface area (Å²) < 4.78 is 18.8. The number of rotatable bonds is 4. The Bertz CT molecular complexity index is 808. The number of amides is 3. The van der Waals surface area contributed by atoms with Crippen LogP contribution in [0, 0.1) is 17.2 Å². The van der Waals surface area contributed by atoms with Crippen LogP contribution in [0.25, 0.3) is 0 Å². The van der Waals surface area contributed by atoms with Crippen molar-refractivity contribution in [1.29, 1.82) is 0 Å². The lowest BCUT2D eigenvalue weighted by Gasteiger charge is -2.43. The number of esters is 1. The van der Waals surface area contributed by atoms with Gasteiger partial charge in [0.1, 0.15) is 24.5 Å². The van der Waals surface area contributed by atoms with E-state index in [0.717, 1.165) is 11.3 Å². The molecular weight excluding hydrogens is 387 g/mol. The number of ether oxygens (including phenoxy) is 1. The highest BCUT2D eigenvalue weighted by molar-refractivity contribution is 6.31. The van der Waals surface area contributed by atoms with Gasteiger partial charge >= 0.3 is 12.0 Å². The van der Waals surface area contributed by atoms with E-state index >= 15 is 0 Å². The molecular formula is C20H24ClFN2O4. The predicted molar refractivity (Wildman–Crippen MR) is 101 cm³/mol. The number of urea groups is 1. The first-order valence-electron chi connectivity index (χ1n) is 9.26. The zero-order valence-electron chi connectivity index (χ0n) is 16.2. The first-order chi connectivity index (χ1) is 13.0. The lowest BCUT2D eigenvalue weighted by atomic mass is 9.64. The van der Waals surface area contributed by atoms with Gasteiger partial charge in [-0.2, -0.15) is 0 Å². The van der Waals surface area contributed by atoms with Gasteiger partial charge in [0.25, 0.3) is 5.91 Å². The maximum absolute atomic E-state index is 13.8. The van der Waals surface area contributed by atoms with Crippen molar-refractivity contribution in [1.82, 2.24) is 10.2 Å². The van der Waals surface area contributed by atoms with E-state index in [-0.39, 0.29) is 28.5 Å². The standard InChI is InChI=1S/C20H24ClFN2O4/c1-12-7-19(2,3)11-20(8-12)17(26)24(18(27)23-20)9-16(25)28-10-13-14(21)5-4-6-15(13)22/h4-6,12H,7-11H2,1-3H3,(H,23,27)/t12-,20-/m1/s1. The molecule has 0 unspecified atom stereocenters. The molecule has 1 saturated heterocycles. The molecule has 0 radical (unpaired) electrons. The van der Waals surface area contributed by atoms with Crippen LogP contribution in [0.4, 0.5) is 9.18 Å². The largest absolute Gasteiger partial charge is 0.459 e. The van der Waals surface area contributed by atoms with Crippen LogP contribution < -0.4 is 5.32 Å². The fourth-order valence-corrected chi connectivity index (χ4v) is 4.86. The fourth-order valence-electron chi connectivity index (χ4n) is 4.65. The van der Waals surface area contributed by atoms with Crippen molar-refractivity contribution in [3.05, 3.63) is 34.6 Å². The molecule has 1 spiro atoms. The number of benzene rings is 1. The molecule has 28 heavy (non-hydrogen) atoms. The number of nitrogens with zero attached hydrogens (tertiary/aromatic N) is 1. The van der Waals surface area contributed by atoms with Crippen molar-refractivity contribution >= 4 is 29.5 Å². The summed E-state index contributed by atoms with van der Waals surface area (Å²) in [7, 11) is 0. The molecule has 3 amide bonds. The van der Waals surface area contributed by atoms with Crippen LogP contribution in [0.15, 0.2) is 18.2 Å². The van der Waals surface area contributed by atoms with Crippen LogP contribution in [0.5, 0.6) is 0 Å². The zero-order valence-corrected chi connectivity index (χ0v) is 16.9. The molecule has 8 heteroatoms. The molecule has 2 atom stereocenters. The third kappa shape index (κ3) is 3.99. The van der Waals surface area contributed by atoms with Crippen molar-refractivity contribution in [2.75, 3.05) is 6.54 Å². The van der Waals surface area contributed by atoms with E-state index in [9.17, 15) is 18.8 Å². The van der Waals surface area contributed by atoms with E-state index in [4.69, 9.17) is 16.3 Å². The second kappa shape index (κ2) is 7.35. The zero-order chi connectivity index (χ0) is 20.7.